The highest BCUT2D eigenvalue weighted by Gasteiger charge is 2.46. The van der Waals surface area contributed by atoms with E-state index in [0.29, 0.717) is 45.7 Å². The number of rotatable bonds is 7. The Bertz CT molecular complexity index is 592. The summed E-state index contributed by atoms with van der Waals surface area (Å²) in [4.78, 5) is 16.9. The van der Waals surface area contributed by atoms with Gasteiger partial charge in [0.15, 0.2) is 0 Å². The van der Waals surface area contributed by atoms with Crippen molar-refractivity contribution in [1.82, 2.24) is 9.80 Å². The lowest BCUT2D eigenvalue weighted by Crippen LogP contribution is -2.63. The number of carbonyl (C=O) groups excluding carboxylic acids is 1. The summed E-state index contributed by atoms with van der Waals surface area (Å²) in [5.41, 5.74) is 5.54. The van der Waals surface area contributed by atoms with E-state index in [-0.39, 0.29) is 11.9 Å². The van der Waals surface area contributed by atoms with E-state index in [1.807, 2.05) is 35.2 Å². The predicted octanol–water partition coefficient (Wildman–Crippen LogP) is 1.33. The van der Waals surface area contributed by atoms with Crippen molar-refractivity contribution in [2.75, 3.05) is 45.9 Å². The zero-order valence-corrected chi connectivity index (χ0v) is 16.2. The fourth-order valence-corrected chi connectivity index (χ4v) is 4.28. The van der Waals surface area contributed by atoms with Crippen molar-refractivity contribution in [3.8, 4) is 0 Å². The Morgan fingerprint density at radius 3 is 2.59 bits per heavy atom. The molecule has 2 aliphatic heterocycles. The minimum atomic E-state index is -0.936. The second-order valence-corrected chi connectivity index (χ2v) is 7.64. The Labute approximate surface area is 162 Å². The largest absolute Gasteiger partial charge is 0.383 e. The quantitative estimate of drug-likeness (QED) is 0.703. The zero-order valence-electron chi connectivity index (χ0n) is 16.2. The fraction of sp³-hybridized carbons (Fsp3) is 0.667. The van der Waals surface area contributed by atoms with Gasteiger partial charge in [-0.3, -0.25) is 9.69 Å². The molecule has 2 atom stereocenters. The molecule has 0 aromatic heterocycles. The van der Waals surface area contributed by atoms with Crippen LogP contribution in [0, 0.1) is 0 Å². The third-order valence-corrected chi connectivity index (χ3v) is 5.92. The maximum absolute atomic E-state index is 12.7. The molecule has 2 saturated heterocycles. The summed E-state index contributed by atoms with van der Waals surface area (Å²) < 4.78 is 5.50. The SMILES string of the molecule is NCCCCCC(=O)N1CC[C@](O)(c2ccccc2)[C@H](N2CCOCC2)C1. The van der Waals surface area contributed by atoms with Crippen LogP contribution in [0.4, 0.5) is 0 Å². The van der Waals surface area contributed by atoms with Crippen molar-refractivity contribution in [2.45, 2.75) is 43.7 Å². The normalized spacial score (nSPS) is 26.9. The Morgan fingerprint density at radius 1 is 1.15 bits per heavy atom. The van der Waals surface area contributed by atoms with Gasteiger partial charge in [-0.15, -0.1) is 0 Å². The first kappa shape index (κ1) is 20.3. The molecule has 3 N–H and O–H groups in total. The third kappa shape index (κ3) is 4.88. The average Bonchev–Trinajstić information content (AvgIpc) is 2.72. The molecule has 0 spiro atoms. The van der Waals surface area contributed by atoms with Crippen LogP contribution in [-0.4, -0.2) is 72.8 Å². The minimum absolute atomic E-state index is 0.106. The third-order valence-electron chi connectivity index (χ3n) is 5.92. The van der Waals surface area contributed by atoms with Crippen LogP contribution in [0.2, 0.25) is 0 Å². The highest BCUT2D eigenvalue weighted by atomic mass is 16.5. The molecule has 27 heavy (non-hydrogen) atoms. The number of amides is 1. The predicted molar refractivity (Wildman–Crippen MR) is 105 cm³/mol. The van der Waals surface area contributed by atoms with Crippen molar-refractivity contribution in [2.24, 2.45) is 5.73 Å². The second-order valence-electron chi connectivity index (χ2n) is 7.64. The van der Waals surface area contributed by atoms with E-state index in [1.165, 1.54) is 0 Å². The molecule has 6 nitrogen and oxygen atoms in total. The maximum Gasteiger partial charge on any atom is 0.222 e. The highest BCUT2D eigenvalue weighted by Crippen LogP contribution is 2.36. The Hall–Kier alpha value is -1.47. The first-order chi connectivity index (χ1) is 13.1. The number of hydrogen-bond acceptors (Lipinski definition) is 5. The number of ether oxygens (including phenoxy) is 1. The summed E-state index contributed by atoms with van der Waals surface area (Å²) in [6, 6.07) is 9.80. The van der Waals surface area contributed by atoms with Crippen molar-refractivity contribution in [1.29, 1.82) is 0 Å². The molecule has 3 rings (SSSR count). The van der Waals surface area contributed by atoms with Gasteiger partial charge in [0.2, 0.25) is 5.91 Å². The number of likely N-dealkylation sites (tertiary alicyclic amines) is 1. The van der Waals surface area contributed by atoms with E-state index in [0.717, 1.165) is 37.9 Å². The van der Waals surface area contributed by atoms with Crippen LogP contribution in [0.25, 0.3) is 0 Å². The lowest BCUT2D eigenvalue weighted by Gasteiger charge is -2.50. The number of benzene rings is 1. The summed E-state index contributed by atoms with van der Waals surface area (Å²) in [7, 11) is 0. The number of unbranched alkanes of at least 4 members (excludes halogenated alkanes) is 2. The van der Waals surface area contributed by atoms with Crippen molar-refractivity contribution in [3.63, 3.8) is 0 Å². The number of aliphatic hydroxyl groups is 1. The van der Waals surface area contributed by atoms with Crippen molar-refractivity contribution >= 4 is 5.91 Å². The number of hydrogen-bond donors (Lipinski definition) is 2. The van der Waals surface area contributed by atoms with Crippen molar-refractivity contribution in [3.05, 3.63) is 35.9 Å². The lowest BCUT2D eigenvalue weighted by atomic mass is 9.79. The van der Waals surface area contributed by atoms with Crippen LogP contribution < -0.4 is 5.73 Å². The highest BCUT2D eigenvalue weighted by molar-refractivity contribution is 5.76. The van der Waals surface area contributed by atoms with E-state index >= 15 is 0 Å². The Morgan fingerprint density at radius 2 is 1.89 bits per heavy atom. The summed E-state index contributed by atoms with van der Waals surface area (Å²) in [6.45, 7) is 4.78. The molecule has 0 unspecified atom stereocenters. The van der Waals surface area contributed by atoms with Gasteiger partial charge in [-0.25, -0.2) is 0 Å². The molecule has 1 aromatic carbocycles. The average molecular weight is 376 g/mol. The Balaban J connectivity index is 1.72. The molecule has 0 radical (unpaired) electrons. The number of morpholine rings is 1. The van der Waals surface area contributed by atoms with Gasteiger partial charge in [0, 0.05) is 32.6 Å². The topological polar surface area (TPSA) is 79.0 Å². The molecule has 0 bridgehead atoms. The monoisotopic (exact) mass is 375 g/mol. The van der Waals surface area contributed by atoms with Gasteiger partial charge in [-0.1, -0.05) is 36.8 Å². The standard InChI is InChI=1S/C21H33N3O3/c22-11-6-2-5-9-20(25)24-12-10-21(26,18-7-3-1-4-8-18)19(17-24)23-13-15-27-16-14-23/h1,3-4,7-8,19,26H,2,5-6,9-17,22H2/t19-,21+/m1/s1. The van der Waals surface area contributed by atoms with Gasteiger partial charge >= 0.3 is 0 Å². The van der Waals surface area contributed by atoms with Crippen LogP contribution in [0.1, 0.15) is 37.7 Å². The first-order valence-corrected chi connectivity index (χ1v) is 10.2. The molecular formula is C21H33N3O3. The molecule has 1 aromatic rings. The van der Waals surface area contributed by atoms with Crippen LogP contribution >= 0.6 is 0 Å². The van der Waals surface area contributed by atoms with Gasteiger partial charge in [-0.05, 0) is 31.4 Å². The summed E-state index contributed by atoms with van der Waals surface area (Å²) in [5.74, 6) is 0.195. The number of piperidine rings is 1. The van der Waals surface area contributed by atoms with Gasteiger partial charge in [0.1, 0.15) is 5.60 Å². The van der Waals surface area contributed by atoms with E-state index in [9.17, 15) is 9.90 Å². The molecule has 6 heteroatoms. The first-order valence-electron chi connectivity index (χ1n) is 10.2. The molecule has 2 heterocycles. The molecular weight excluding hydrogens is 342 g/mol. The van der Waals surface area contributed by atoms with Crippen LogP contribution in [0.3, 0.4) is 0 Å². The molecule has 1 amide bonds. The van der Waals surface area contributed by atoms with Crippen LogP contribution in [0.15, 0.2) is 30.3 Å². The second kappa shape index (κ2) is 9.64. The van der Waals surface area contributed by atoms with E-state index in [2.05, 4.69) is 4.90 Å². The summed E-state index contributed by atoms with van der Waals surface area (Å²) in [6.07, 6.45) is 3.99. The number of nitrogens with zero attached hydrogens (tertiary/aromatic N) is 2. The number of carbonyl (C=O) groups is 1. The minimum Gasteiger partial charge on any atom is -0.383 e. The van der Waals surface area contributed by atoms with Gasteiger partial charge in [0.25, 0.3) is 0 Å². The van der Waals surface area contributed by atoms with Crippen LogP contribution in [0.5, 0.6) is 0 Å². The molecule has 2 aliphatic rings. The maximum atomic E-state index is 12.7. The summed E-state index contributed by atoms with van der Waals surface area (Å²) >= 11 is 0. The van der Waals surface area contributed by atoms with Crippen molar-refractivity contribution < 1.29 is 14.6 Å². The molecule has 0 aliphatic carbocycles. The fourth-order valence-electron chi connectivity index (χ4n) is 4.28. The van der Waals surface area contributed by atoms with Crippen LogP contribution in [-0.2, 0) is 15.1 Å². The Kier molecular flexibility index (Phi) is 7.24. The van der Waals surface area contributed by atoms with Gasteiger partial charge in [0.05, 0.1) is 19.3 Å². The van der Waals surface area contributed by atoms with E-state index < -0.39 is 5.60 Å². The molecule has 2 fully saturated rings. The van der Waals surface area contributed by atoms with Gasteiger partial charge < -0.3 is 20.5 Å². The molecule has 0 saturated carbocycles. The summed E-state index contributed by atoms with van der Waals surface area (Å²) in [5, 5.41) is 11.7. The smallest absolute Gasteiger partial charge is 0.222 e. The zero-order chi connectivity index (χ0) is 19.1. The number of nitrogens with two attached hydrogens (primary N) is 1. The van der Waals surface area contributed by atoms with E-state index in [1.54, 1.807) is 0 Å². The molecule has 150 valence electrons. The lowest BCUT2D eigenvalue weighted by molar-refractivity contribution is -0.147. The van der Waals surface area contributed by atoms with Gasteiger partial charge in [-0.2, -0.15) is 0 Å². The van der Waals surface area contributed by atoms with E-state index in [4.69, 9.17) is 10.5 Å².